The van der Waals surface area contributed by atoms with Crippen LogP contribution < -0.4 is 5.32 Å². The highest BCUT2D eigenvalue weighted by Crippen LogP contribution is 2.43. The Morgan fingerprint density at radius 3 is 1.94 bits per heavy atom. The zero-order chi connectivity index (χ0) is 25.1. The van der Waals surface area contributed by atoms with Crippen molar-refractivity contribution < 1.29 is 18.0 Å². The van der Waals surface area contributed by atoms with Gasteiger partial charge in [0.05, 0.1) is 6.04 Å². The molecule has 2 heterocycles. The number of carbonyl (C=O) groups excluding carboxylic acids is 1. The van der Waals surface area contributed by atoms with Gasteiger partial charge in [0.1, 0.15) is 5.82 Å². The molecule has 0 saturated heterocycles. The molecular weight excluding hydrogens is 465 g/mol. The number of aromatic nitrogens is 2. The van der Waals surface area contributed by atoms with E-state index in [1.165, 1.54) is 6.07 Å². The first-order valence-corrected chi connectivity index (χ1v) is 11.7. The summed E-state index contributed by atoms with van der Waals surface area (Å²) in [4.78, 5) is 15.2. The first-order chi connectivity index (χ1) is 17.4. The summed E-state index contributed by atoms with van der Waals surface area (Å²) in [5, 5.41) is 7.33. The number of carbonyl (C=O) groups is 1. The van der Waals surface area contributed by atoms with Crippen LogP contribution in [0.25, 0.3) is 0 Å². The van der Waals surface area contributed by atoms with Crippen LogP contribution in [0.1, 0.15) is 45.7 Å². The van der Waals surface area contributed by atoms with Crippen LogP contribution in [0.2, 0.25) is 0 Å². The number of anilines is 1. The fourth-order valence-electron chi connectivity index (χ4n) is 4.55. The van der Waals surface area contributed by atoms with E-state index in [4.69, 9.17) is 0 Å². The lowest BCUT2D eigenvalue weighted by molar-refractivity contribution is -0.173. The summed E-state index contributed by atoms with van der Waals surface area (Å²) in [6.45, 7) is 0.610. The molecule has 1 aliphatic rings. The number of hydrogen-bond acceptors (Lipinski definition) is 3. The molecule has 0 unspecified atom stereocenters. The Bertz CT molecular complexity index is 1270. The number of halogens is 3. The first-order valence-electron chi connectivity index (χ1n) is 11.7. The number of hydrogen-bond donors (Lipinski definition) is 1. The van der Waals surface area contributed by atoms with Gasteiger partial charge in [0.15, 0.2) is 11.7 Å². The molecule has 5 rings (SSSR count). The van der Waals surface area contributed by atoms with Crippen molar-refractivity contribution in [1.82, 2.24) is 14.7 Å². The third kappa shape index (κ3) is 5.12. The van der Waals surface area contributed by atoms with E-state index >= 15 is 0 Å². The minimum Gasteiger partial charge on any atom is -0.363 e. The van der Waals surface area contributed by atoms with Gasteiger partial charge >= 0.3 is 6.18 Å². The van der Waals surface area contributed by atoms with Crippen molar-refractivity contribution in [3.8, 4) is 0 Å². The molecule has 1 N–H and O–H groups in total. The van der Waals surface area contributed by atoms with Crippen molar-refractivity contribution in [3.63, 3.8) is 0 Å². The second-order valence-electron chi connectivity index (χ2n) is 8.89. The molecule has 2 atom stereocenters. The summed E-state index contributed by atoms with van der Waals surface area (Å²) >= 11 is 0. The largest absolute Gasteiger partial charge is 0.410 e. The van der Waals surface area contributed by atoms with E-state index in [9.17, 15) is 18.0 Å². The lowest BCUT2D eigenvalue weighted by atomic mass is 9.97. The number of fused-ring (bicyclic) bond motifs is 1. The predicted octanol–water partition coefficient (Wildman–Crippen LogP) is 6.39. The Balaban J connectivity index is 1.47. The smallest absolute Gasteiger partial charge is 0.363 e. The van der Waals surface area contributed by atoms with Crippen LogP contribution in [0.4, 0.5) is 19.0 Å². The molecule has 0 radical (unpaired) electrons. The number of nitrogens with zero attached hydrogens (tertiary/aromatic N) is 3. The van der Waals surface area contributed by atoms with Crippen molar-refractivity contribution in [3.05, 3.63) is 119 Å². The molecule has 0 aliphatic carbocycles. The van der Waals surface area contributed by atoms with Gasteiger partial charge in [-0.3, -0.25) is 4.79 Å². The average Bonchev–Trinajstić information content (AvgIpc) is 3.32. The molecule has 8 heteroatoms. The molecule has 5 nitrogen and oxygen atoms in total. The van der Waals surface area contributed by atoms with Crippen LogP contribution in [0.3, 0.4) is 0 Å². The van der Waals surface area contributed by atoms with Gasteiger partial charge in [0, 0.05) is 25.6 Å². The van der Waals surface area contributed by atoms with Gasteiger partial charge in [-0.05, 0) is 16.7 Å². The normalized spacial score (nSPS) is 17.2. The molecule has 1 amide bonds. The second-order valence-corrected chi connectivity index (χ2v) is 8.89. The van der Waals surface area contributed by atoms with Crippen molar-refractivity contribution in [2.45, 2.75) is 37.8 Å². The zero-order valence-electron chi connectivity index (χ0n) is 19.4. The maximum absolute atomic E-state index is 14.1. The van der Waals surface area contributed by atoms with Gasteiger partial charge in [-0.2, -0.15) is 18.3 Å². The Kier molecular flexibility index (Phi) is 6.50. The molecule has 0 saturated carbocycles. The maximum atomic E-state index is 14.1. The summed E-state index contributed by atoms with van der Waals surface area (Å²) in [6, 6.07) is 27.0. The monoisotopic (exact) mass is 490 g/mol. The van der Waals surface area contributed by atoms with Crippen LogP contribution in [-0.2, 0) is 13.1 Å². The quantitative estimate of drug-likeness (QED) is 0.341. The van der Waals surface area contributed by atoms with Gasteiger partial charge in [0.25, 0.3) is 5.91 Å². The van der Waals surface area contributed by atoms with E-state index in [1.807, 2.05) is 66.7 Å². The van der Waals surface area contributed by atoms with E-state index in [0.717, 1.165) is 21.4 Å². The summed E-state index contributed by atoms with van der Waals surface area (Å²) in [5.41, 5.74) is 2.57. The lowest BCUT2D eigenvalue weighted by Crippen LogP contribution is -2.36. The third-order valence-corrected chi connectivity index (χ3v) is 6.33. The summed E-state index contributed by atoms with van der Waals surface area (Å²) < 4.78 is 43.1. The molecule has 36 heavy (non-hydrogen) atoms. The van der Waals surface area contributed by atoms with Crippen LogP contribution in [0.5, 0.6) is 0 Å². The number of amides is 1. The molecule has 1 aromatic heterocycles. The van der Waals surface area contributed by atoms with Gasteiger partial charge < -0.3 is 10.2 Å². The van der Waals surface area contributed by atoms with Crippen molar-refractivity contribution in [2.24, 2.45) is 0 Å². The number of alkyl halides is 3. The predicted molar refractivity (Wildman–Crippen MR) is 131 cm³/mol. The fourth-order valence-corrected chi connectivity index (χ4v) is 4.55. The summed E-state index contributed by atoms with van der Waals surface area (Å²) in [6.07, 6.45) is -4.72. The van der Waals surface area contributed by atoms with Gasteiger partial charge in [-0.15, -0.1) is 0 Å². The van der Waals surface area contributed by atoms with Crippen LogP contribution >= 0.6 is 0 Å². The van der Waals surface area contributed by atoms with Gasteiger partial charge in [0.2, 0.25) is 0 Å². The van der Waals surface area contributed by atoms with Crippen molar-refractivity contribution >= 4 is 11.7 Å². The molecule has 0 bridgehead atoms. The Hall–Kier alpha value is -4.07. The molecule has 4 aromatic rings. The molecule has 3 aromatic carbocycles. The highest BCUT2D eigenvalue weighted by atomic mass is 19.4. The second kappa shape index (κ2) is 9.89. The highest BCUT2D eigenvalue weighted by Gasteiger charge is 2.47. The zero-order valence-corrected chi connectivity index (χ0v) is 19.4. The topological polar surface area (TPSA) is 50.2 Å². The van der Waals surface area contributed by atoms with Crippen molar-refractivity contribution in [1.29, 1.82) is 0 Å². The van der Waals surface area contributed by atoms with E-state index in [-0.39, 0.29) is 17.9 Å². The first kappa shape index (κ1) is 23.7. The number of benzene rings is 3. The fraction of sp³-hybridized carbons (Fsp3) is 0.214. The highest BCUT2D eigenvalue weighted by molar-refractivity contribution is 5.93. The van der Waals surface area contributed by atoms with E-state index in [0.29, 0.717) is 13.1 Å². The SMILES string of the molecule is O=C(c1cc2n(n1)[C@H](C(F)(F)F)C[C@H](c1ccccc1)N2)N(Cc1ccccc1)Cc1ccccc1. The maximum Gasteiger partial charge on any atom is 0.410 e. The standard InChI is InChI=1S/C28H25F3N4O/c29-28(30,31)25-16-23(22-14-8-3-9-15-22)32-26-17-24(33-35(25)26)27(36)34(18-20-10-4-1-5-11-20)19-21-12-6-2-7-13-21/h1-15,17,23,25,32H,16,18-19H2/t23-,25+/m1/s1. The van der Waals surface area contributed by atoms with Gasteiger partial charge in [-0.1, -0.05) is 91.0 Å². The Morgan fingerprint density at radius 2 is 1.42 bits per heavy atom. The Morgan fingerprint density at radius 1 is 0.889 bits per heavy atom. The molecular formula is C28H25F3N4O. The third-order valence-electron chi connectivity index (χ3n) is 6.33. The molecule has 1 aliphatic heterocycles. The minimum absolute atomic E-state index is 0.0210. The van der Waals surface area contributed by atoms with Crippen LogP contribution in [0, 0.1) is 0 Å². The Labute approximate surface area is 207 Å². The lowest BCUT2D eigenvalue weighted by Gasteiger charge is -2.33. The van der Waals surface area contributed by atoms with Gasteiger partial charge in [-0.25, -0.2) is 4.68 Å². The van der Waals surface area contributed by atoms with E-state index in [2.05, 4.69) is 10.4 Å². The summed E-state index contributed by atoms with van der Waals surface area (Å²) in [7, 11) is 0. The number of nitrogens with one attached hydrogen (secondary N) is 1. The average molecular weight is 491 g/mol. The molecule has 184 valence electrons. The van der Waals surface area contributed by atoms with Crippen molar-refractivity contribution in [2.75, 3.05) is 5.32 Å². The number of rotatable bonds is 6. The van der Waals surface area contributed by atoms with Crippen LogP contribution in [-0.4, -0.2) is 26.8 Å². The molecule has 0 spiro atoms. The molecule has 0 fully saturated rings. The minimum atomic E-state index is -4.51. The van der Waals surface area contributed by atoms with E-state index < -0.39 is 24.2 Å². The van der Waals surface area contributed by atoms with E-state index in [1.54, 1.807) is 29.2 Å². The van der Waals surface area contributed by atoms with Crippen LogP contribution in [0.15, 0.2) is 97.1 Å². The summed E-state index contributed by atoms with van der Waals surface area (Å²) in [5.74, 6) is -0.247.